The van der Waals surface area contributed by atoms with Crippen molar-refractivity contribution in [2.75, 3.05) is 6.61 Å². The smallest absolute Gasteiger partial charge is 0.303 e. The maximum Gasteiger partial charge on any atom is 0.303 e. The summed E-state index contributed by atoms with van der Waals surface area (Å²) in [5.74, 6) is -0.711. The van der Waals surface area contributed by atoms with Gasteiger partial charge in [0, 0.05) is 13.0 Å². The summed E-state index contributed by atoms with van der Waals surface area (Å²) >= 11 is 0. The normalized spacial score (nSPS) is 10.9. The van der Waals surface area contributed by atoms with Gasteiger partial charge in [0.2, 0.25) is 0 Å². The van der Waals surface area contributed by atoms with Crippen molar-refractivity contribution in [3.63, 3.8) is 0 Å². The molecule has 0 aromatic carbocycles. The largest absolute Gasteiger partial charge is 0.481 e. The highest BCUT2D eigenvalue weighted by Crippen LogP contribution is 2.02. The van der Waals surface area contributed by atoms with Crippen molar-refractivity contribution < 1.29 is 15.0 Å². The number of carboxylic acids is 1. The second-order valence-electron chi connectivity index (χ2n) is 3.33. The first-order valence-corrected chi connectivity index (χ1v) is 5.25. The van der Waals surface area contributed by atoms with Crippen molar-refractivity contribution in [1.29, 1.82) is 0 Å². The second-order valence-corrected chi connectivity index (χ2v) is 3.33. The molecule has 0 fully saturated rings. The molecule has 0 aromatic rings. The zero-order chi connectivity index (χ0) is 10.6. The lowest BCUT2D eigenvalue weighted by atomic mass is 10.1. The summed E-state index contributed by atoms with van der Waals surface area (Å²) in [5, 5.41) is 16.9. The highest BCUT2D eigenvalue weighted by Gasteiger charge is 1.94. The minimum atomic E-state index is -0.711. The fourth-order valence-corrected chi connectivity index (χ4v) is 1.15. The maximum atomic E-state index is 10.2. The first-order valence-electron chi connectivity index (χ1n) is 5.25. The van der Waals surface area contributed by atoms with Gasteiger partial charge in [-0.05, 0) is 38.5 Å². The van der Waals surface area contributed by atoms with Gasteiger partial charge in [-0.25, -0.2) is 0 Å². The van der Waals surface area contributed by atoms with Gasteiger partial charge in [-0.2, -0.15) is 0 Å². The standard InChI is InChI=1S/C11H20O3/c12-10-8-6-4-2-1-3-5-7-9-11(13)14/h1-2,12H,3-10H2,(H,13,14). The van der Waals surface area contributed by atoms with Crippen LogP contribution in [0.1, 0.15) is 44.9 Å². The molecular weight excluding hydrogens is 180 g/mol. The van der Waals surface area contributed by atoms with Gasteiger partial charge in [-0.3, -0.25) is 4.79 Å². The molecule has 3 heteroatoms. The van der Waals surface area contributed by atoms with Crippen LogP contribution in [0.4, 0.5) is 0 Å². The summed E-state index contributed by atoms with van der Waals surface area (Å²) in [5.41, 5.74) is 0. The molecule has 0 saturated carbocycles. The molecule has 82 valence electrons. The first kappa shape index (κ1) is 13.2. The number of hydrogen-bond acceptors (Lipinski definition) is 2. The molecule has 0 unspecified atom stereocenters. The van der Waals surface area contributed by atoms with Crippen LogP contribution in [0.2, 0.25) is 0 Å². The van der Waals surface area contributed by atoms with Crippen LogP contribution in [0.5, 0.6) is 0 Å². The fraction of sp³-hybridized carbons (Fsp3) is 0.727. The summed E-state index contributed by atoms with van der Waals surface area (Å²) in [6, 6.07) is 0. The predicted molar refractivity (Wildman–Crippen MR) is 56.2 cm³/mol. The lowest BCUT2D eigenvalue weighted by molar-refractivity contribution is -0.137. The molecule has 0 heterocycles. The Morgan fingerprint density at radius 1 is 1.00 bits per heavy atom. The third kappa shape index (κ3) is 11.2. The third-order valence-corrected chi connectivity index (χ3v) is 1.96. The zero-order valence-corrected chi connectivity index (χ0v) is 8.61. The number of carbonyl (C=O) groups is 1. The number of allylic oxidation sites excluding steroid dienone is 2. The Kier molecular flexibility index (Phi) is 9.64. The molecular formula is C11H20O3. The van der Waals surface area contributed by atoms with Crippen molar-refractivity contribution in [2.24, 2.45) is 0 Å². The monoisotopic (exact) mass is 200 g/mol. The lowest BCUT2D eigenvalue weighted by Crippen LogP contribution is -1.92. The number of hydrogen-bond donors (Lipinski definition) is 2. The van der Waals surface area contributed by atoms with E-state index in [1.54, 1.807) is 0 Å². The molecule has 0 radical (unpaired) electrons. The summed E-state index contributed by atoms with van der Waals surface area (Å²) in [4.78, 5) is 10.2. The van der Waals surface area contributed by atoms with Crippen LogP contribution in [-0.2, 0) is 4.79 Å². The van der Waals surface area contributed by atoms with Gasteiger partial charge in [-0.15, -0.1) is 0 Å². The Labute approximate surface area is 85.4 Å². The summed E-state index contributed by atoms with van der Waals surface area (Å²) in [6.07, 6.45) is 10.1. The van der Waals surface area contributed by atoms with Crippen molar-refractivity contribution in [1.82, 2.24) is 0 Å². The maximum absolute atomic E-state index is 10.2. The number of aliphatic carboxylic acids is 1. The summed E-state index contributed by atoms with van der Waals surface area (Å²) in [6.45, 7) is 0.270. The Morgan fingerprint density at radius 3 is 2.07 bits per heavy atom. The SMILES string of the molecule is O=C(O)CCCCC=CCCCCO. The van der Waals surface area contributed by atoms with Gasteiger partial charge in [0.1, 0.15) is 0 Å². The molecule has 14 heavy (non-hydrogen) atoms. The molecule has 0 amide bonds. The predicted octanol–water partition coefficient (Wildman–Crippen LogP) is 2.35. The van der Waals surface area contributed by atoms with Crippen LogP contribution in [0.3, 0.4) is 0 Å². The van der Waals surface area contributed by atoms with Crippen LogP contribution in [0.15, 0.2) is 12.2 Å². The van der Waals surface area contributed by atoms with E-state index in [0.29, 0.717) is 0 Å². The van der Waals surface area contributed by atoms with Crippen molar-refractivity contribution in [2.45, 2.75) is 44.9 Å². The molecule has 0 bridgehead atoms. The second kappa shape index (κ2) is 10.3. The number of rotatable bonds is 9. The van der Waals surface area contributed by atoms with E-state index in [-0.39, 0.29) is 13.0 Å². The van der Waals surface area contributed by atoms with E-state index in [1.807, 2.05) is 0 Å². The number of unbranched alkanes of at least 4 members (excludes halogenated alkanes) is 4. The molecule has 0 aromatic heterocycles. The minimum Gasteiger partial charge on any atom is -0.481 e. The average molecular weight is 200 g/mol. The topological polar surface area (TPSA) is 57.5 Å². The molecule has 0 spiro atoms. The van der Waals surface area contributed by atoms with Crippen molar-refractivity contribution in [3.8, 4) is 0 Å². The van der Waals surface area contributed by atoms with Crippen molar-refractivity contribution in [3.05, 3.63) is 12.2 Å². The number of aliphatic hydroxyl groups is 1. The van der Waals surface area contributed by atoms with Gasteiger partial charge >= 0.3 is 5.97 Å². The van der Waals surface area contributed by atoms with Crippen LogP contribution >= 0.6 is 0 Å². The average Bonchev–Trinajstić information content (AvgIpc) is 2.15. The molecule has 2 N–H and O–H groups in total. The molecule has 0 aliphatic carbocycles. The van der Waals surface area contributed by atoms with E-state index in [0.717, 1.165) is 38.5 Å². The molecule has 0 aliphatic heterocycles. The van der Waals surface area contributed by atoms with Crippen LogP contribution in [0, 0.1) is 0 Å². The van der Waals surface area contributed by atoms with Crippen LogP contribution in [-0.4, -0.2) is 22.8 Å². The highest BCUT2D eigenvalue weighted by atomic mass is 16.4. The van der Waals surface area contributed by atoms with Crippen molar-refractivity contribution >= 4 is 5.97 Å². The van der Waals surface area contributed by atoms with E-state index in [9.17, 15) is 4.79 Å². The first-order chi connectivity index (χ1) is 6.77. The van der Waals surface area contributed by atoms with Gasteiger partial charge in [0.05, 0.1) is 0 Å². The third-order valence-electron chi connectivity index (χ3n) is 1.96. The Hall–Kier alpha value is -0.830. The van der Waals surface area contributed by atoms with E-state index in [1.165, 1.54) is 0 Å². The molecule has 3 nitrogen and oxygen atoms in total. The Bertz CT molecular complexity index is 164. The Morgan fingerprint density at radius 2 is 1.57 bits per heavy atom. The molecule has 0 atom stereocenters. The Balaban J connectivity index is 3.07. The van der Waals surface area contributed by atoms with E-state index in [4.69, 9.17) is 10.2 Å². The van der Waals surface area contributed by atoms with E-state index < -0.39 is 5.97 Å². The van der Waals surface area contributed by atoms with Crippen LogP contribution < -0.4 is 0 Å². The fourth-order valence-electron chi connectivity index (χ4n) is 1.15. The van der Waals surface area contributed by atoms with E-state index in [2.05, 4.69) is 12.2 Å². The van der Waals surface area contributed by atoms with Crippen LogP contribution in [0.25, 0.3) is 0 Å². The zero-order valence-electron chi connectivity index (χ0n) is 8.61. The van der Waals surface area contributed by atoms with E-state index >= 15 is 0 Å². The quantitative estimate of drug-likeness (QED) is 0.443. The molecule has 0 rings (SSSR count). The lowest BCUT2D eigenvalue weighted by Gasteiger charge is -1.94. The number of aliphatic hydroxyl groups excluding tert-OH is 1. The van der Waals surface area contributed by atoms with Gasteiger partial charge in [0.25, 0.3) is 0 Å². The van der Waals surface area contributed by atoms with Gasteiger partial charge in [0.15, 0.2) is 0 Å². The van der Waals surface area contributed by atoms with Gasteiger partial charge < -0.3 is 10.2 Å². The number of carboxylic acid groups (broad SMARTS) is 1. The highest BCUT2D eigenvalue weighted by molar-refractivity contribution is 5.66. The summed E-state index contributed by atoms with van der Waals surface area (Å²) < 4.78 is 0. The summed E-state index contributed by atoms with van der Waals surface area (Å²) in [7, 11) is 0. The van der Waals surface area contributed by atoms with Gasteiger partial charge in [-0.1, -0.05) is 12.2 Å². The minimum absolute atomic E-state index is 0.270. The molecule has 0 saturated heterocycles. The molecule has 0 aliphatic rings.